The van der Waals surface area contributed by atoms with Gasteiger partial charge in [-0.25, -0.2) is 0 Å². The minimum Gasteiger partial charge on any atom is -0.393 e. The molecule has 130 valence electrons. The average Bonchev–Trinajstić information content (AvgIpc) is 2.65. The molecule has 4 rings (SSSR count). The number of aliphatic hydroxyl groups excluding tert-OH is 3. The highest BCUT2D eigenvalue weighted by Crippen LogP contribution is 2.71. The maximum absolute atomic E-state index is 11.0. The van der Waals surface area contributed by atoms with Crippen molar-refractivity contribution in [1.82, 2.24) is 0 Å². The maximum atomic E-state index is 11.0. The fraction of sp³-hybridized carbons (Fsp3) is 0.900. The smallest absolute Gasteiger partial charge is 0.0810 e. The second-order valence-corrected chi connectivity index (χ2v) is 9.87. The number of fused-ring (bicyclic) bond motifs is 3. The minimum absolute atomic E-state index is 0.00301. The van der Waals surface area contributed by atoms with Crippen molar-refractivity contribution in [3.05, 3.63) is 12.2 Å². The van der Waals surface area contributed by atoms with Gasteiger partial charge < -0.3 is 15.3 Å². The molecule has 23 heavy (non-hydrogen) atoms. The monoisotopic (exact) mass is 320 g/mol. The molecular formula is C20H32O3. The van der Waals surface area contributed by atoms with Gasteiger partial charge in [-0.05, 0) is 72.7 Å². The van der Waals surface area contributed by atoms with E-state index in [0.717, 1.165) is 44.1 Å². The average molecular weight is 320 g/mol. The van der Waals surface area contributed by atoms with Crippen LogP contribution < -0.4 is 0 Å². The van der Waals surface area contributed by atoms with Crippen molar-refractivity contribution >= 4 is 0 Å². The van der Waals surface area contributed by atoms with E-state index < -0.39 is 6.10 Å². The van der Waals surface area contributed by atoms with Gasteiger partial charge in [0.25, 0.3) is 0 Å². The summed E-state index contributed by atoms with van der Waals surface area (Å²) in [4.78, 5) is 0. The summed E-state index contributed by atoms with van der Waals surface area (Å²) < 4.78 is 0. The molecule has 4 saturated carbocycles. The Morgan fingerprint density at radius 1 is 1.04 bits per heavy atom. The van der Waals surface area contributed by atoms with Crippen LogP contribution in [-0.4, -0.2) is 33.6 Å². The molecular weight excluding hydrogens is 288 g/mol. The van der Waals surface area contributed by atoms with Gasteiger partial charge in [-0.2, -0.15) is 0 Å². The third-order valence-electron chi connectivity index (χ3n) is 8.70. The maximum Gasteiger partial charge on any atom is 0.0810 e. The lowest BCUT2D eigenvalue weighted by atomic mass is 9.40. The van der Waals surface area contributed by atoms with E-state index in [1.165, 1.54) is 0 Å². The minimum atomic E-state index is -0.456. The molecule has 0 saturated heterocycles. The molecule has 0 aromatic heterocycles. The molecule has 3 nitrogen and oxygen atoms in total. The second kappa shape index (κ2) is 4.62. The first-order valence-electron chi connectivity index (χ1n) is 9.37. The van der Waals surface area contributed by atoms with E-state index >= 15 is 0 Å². The van der Waals surface area contributed by atoms with Crippen LogP contribution in [0.2, 0.25) is 0 Å². The van der Waals surface area contributed by atoms with E-state index in [0.29, 0.717) is 11.8 Å². The Hall–Kier alpha value is -0.380. The molecule has 0 aromatic carbocycles. The Bertz CT molecular complexity index is 541. The van der Waals surface area contributed by atoms with Gasteiger partial charge in [-0.15, -0.1) is 0 Å². The lowest BCUT2D eigenvalue weighted by molar-refractivity contribution is -0.222. The van der Waals surface area contributed by atoms with Crippen LogP contribution in [0.3, 0.4) is 0 Å². The summed E-state index contributed by atoms with van der Waals surface area (Å²) in [6.07, 6.45) is 4.46. The van der Waals surface area contributed by atoms with Crippen LogP contribution in [0.25, 0.3) is 0 Å². The number of rotatable bonds is 0. The lowest BCUT2D eigenvalue weighted by Gasteiger charge is -2.66. The van der Waals surface area contributed by atoms with Crippen LogP contribution in [0.4, 0.5) is 0 Å². The van der Waals surface area contributed by atoms with Gasteiger partial charge in [0.05, 0.1) is 18.3 Å². The van der Waals surface area contributed by atoms with Crippen LogP contribution in [-0.2, 0) is 0 Å². The Morgan fingerprint density at radius 3 is 2.43 bits per heavy atom. The van der Waals surface area contributed by atoms with E-state index in [1.54, 1.807) is 0 Å². The zero-order valence-corrected chi connectivity index (χ0v) is 14.8. The summed E-state index contributed by atoms with van der Waals surface area (Å²) in [7, 11) is 0. The third-order valence-corrected chi connectivity index (χ3v) is 8.70. The quantitative estimate of drug-likeness (QED) is 0.602. The van der Waals surface area contributed by atoms with E-state index in [9.17, 15) is 15.3 Å². The normalized spacial score (nSPS) is 57.7. The summed E-state index contributed by atoms with van der Waals surface area (Å²) in [5, 5.41) is 32.6. The van der Waals surface area contributed by atoms with Gasteiger partial charge in [0.1, 0.15) is 0 Å². The van der Waals surface area contributed by atoms with Crippen molar-refractivity contribution in [3.8, 4) is 0 Å². The van der Waals surface area contributed by atoms with E-state index in [1.807, 2.05) is 0 Å². The summed E-state index contributed by atoms with van der Waals surface area (Å²) in [6, 6.07) is 0. The first kappa shape index (κ1) is 16.1. The Labute approximate surface area is 139 Å². The van der Waals surface area contributed by atoms with Gasteiger partial charge in [-0.3, -0.25) is 0 Å². The van der Waals surface area contributed by atoms with Gasteiger partial charge in [0.2, 0.25) is 0 Å². The molecule has 1 unspecified atom stereocenters. The lowest BCUT2D eigenvalue weighted by Crippen LogP contribution is -2.64. The molecule has 8 atom stereocenters. The number of hydrogen-bond acceptors (Lipinski definition) is 3. The van der Waals surface area contributed by atoms with Gasteiger partial charge in [0.15, 0.2) is 0 Å². The fourth-order valence-corrected chi connectivity index (χ4v) is 7.69. The van der Waals surface area contributed by atoms with Gasteiger partial charge in [-0.1, -0.05) is 27.4 Å². The van der Waals surface area contributed by atoms with Crippen molar-refractivity contribution in [2.75, 3.05) is 0 Å². The molecule has 1 spiro atoms. The van der Waals surface area contributed by atoms with Crippen molar-refractivity contribution < 1.29 is 15.3 Å². The Morgan fingerprint density at radius 2 is 1.74 bits per heavy atom. The highest BCUT2D eigenvalue weighted by Gasteiger charge is 2.69. The third kappa shape index (κ3) is 1.77. The van der Waals surface area contributed by atoms with Crippen LogP contribution in [0.5, 0.6) is 0 Å². The molecule has 3 N–H and O–H groups in total. The Kier molecular flexibility index (Phi) is 3.23. The molecule has 0 heterocycles. The SMILES string of the molecule is C=C1[C@H]2C[C@H](O)[C@@H]3[C@@](CCC4C(C)(C)[C@H](O)CC[C@]43C)(C2)[C@@H]1O. The first-order chi connectivity index (χ1) is 10.6. The topological polar surface area (TPSA) is 60.7 Å². The van der Waals surface area contributed by atoms with E-state index in [2.05, 4.69) is 27.4 Å². The number of hydrogen-bond donors (Lipinski definition) is 3. The van der Waals surface area contributed by atoms with Crippen molar-refractivity contribution in [1.29, 1.82) is 0 Å². The molecule has 2 bridgehead atoms. The molecule has 0 radical (unpaired) electrons. The highest BCUT2D eigenvalue weighted by atomic mass is 16.3. The summed E-state index contributed by atoms with van der Waals surface area (Å²) in [5.41, 5.74) is 0.662. The van der Waals surface area contributed by atoms with E-state index in [4.69, 9.17) is 0 Å². The van der Waals surface area contributed by atoms with Crippen LogP contribution in [0.15, 0.2) is 12.2 Å². The molecule has 0 aromatic rings. The van der Waals surface area contributed by atoms with Gasteiger partial charge >= 0.3 is 0 Å². The van der Waals surface area contributed by atoms with E-state index in [-0.39, 0.29) is 34.4 Å². The second-order valence-electron chi connectivity index (χ2n) is 9.87. The predicted octanol–water partition coefficient (Wildman–Crippen LogP) is 2.89. The molecule has 4 aliphatic carbocycles. The molecule has 3 heteroatoms. The largest absolute Gasteiger partial charge is 0.393 e. The summed E-state index contributed by atoms with van der Waals surface area (Å²) in [5.74, 6) is 0.825. The predicted molar refractivity (Wildman–Crippen MR) is 89.7 cm³/mol. The fourth-order valence-electron chi connectivity index (χ4n) is 7.69. The van der Waals surface area contributed by atoms with Crippen LogP contribution in [0.1, 0.15) is 59.3 Å². The number of aliphatic hydroxyl groups is 3. The summed E-state index contributed by atoms with van der Waals surface area (Å²) >= 11 is 0. The van der Waals surface area contributed by atoms with Crippen LogP contribution in [0, 0.1) is 34.0 Å². The zero-order valence-electron chi connectivity index (χ0n) is 14.8. The molecule has 0 aliphatic heterocycles. The van der Waals surface area contributed by atoms with Crippen molar-refractivity contribution in [2.45, 2.75) is 77.6 Å². The van der Waals surface area contributed by atoms with Crippen molar-refractivity contribution in [3.63, 3.8) is 0 Å². The first-order valence-corrected chi connectivity index (χ1v) is 9.37. The molecule has 4 aliphatic rings. The zero-order chi connectivity index (χ0) is 16.8. The summed E-state index contributed by atoms with van der Waals surface area (Å²) in [6.45, 7) is 10.9. The van der Waals surface area contributed by atoms with Crippen LogP contribution >= 0.6 is 0 Å². The standard InChI is InChI=1S/C20H32O3/c1-11-12-9-13(21)16-19(4)7-6-15(22)18(2,3)14(19)5-8-20(16,10-12)17(11)23/h12-17,21-23H,1,5-10H2,2-4H3/t12-,13-,14?,15+,16-,17+,19+,20+/m0/s1. The molecule has 0 amide bonds. The molecule has 4 fully saturated rings. The van der Waals surface area contributed by atoms with Gasteiger partial charge in [0, 0.05) is 5.41 Å². The Balaban J connectivity index is 1.81. The van der Waals surface area contributed by atoms with Crippen molar-refractivity contribution in [2.24, 2.45) is 34.0 Å². The highest BCUT2D eigenvalue weighted by molar-refractivity contribution is 5.28.